The normalized spacial score (nSPS) is 10.4. The number of carbonyl (C=O) groups is 2. The van der Waals surface area contributed by atoms with Crippen molar-refractivity contribution in [1.82, 2.24) is 20.6 Å². The molecule has 0 fully saturated rings. The average Bonchev–Trinajstić information content (AvgIpc) is 2.60. The third-order valence-electron chi connectivity index (χ3n) is 3.27. The summed E-state index contributed by atoms with van der Waals surface area (Å²) in [7, 11) is 1.43. The van der Waals surface area contributed by atoms with Crippen molar-refractivity contribution in [3.63, 3.8) is 0 Å². The van der Waals surface area contributed by atoms with E-state index in [0.717, 1.165) is 28.6 Å². The lowest BCUT2D eigenvalue weighted by molar-refractivity contribution is -0.117. The lowest BCUT2D eigenvalue weighted by Gasteiger charge is -2.12. The average molecular weight is 380 g/mol. The number of thioether (sulfide) groups is 1. The summed E-state index contributed by atoms with van der Waals surface area (Å²) in [5, 5.41) is 5.51. The van der Waals surface area contributed by atoms with Gasteiger partial charge in [-0.1, -0.05) is 42.4 Å². The molecule has 0 aliphatic carbocycles. The quantitative estimate of drug-likeness (QED) is 0.543. The van der Waals surface area contributed by atoms with E-state index in [9.17, 15) is 9.59 Å². The number of carbonyl (C=O) groups excluding carboxylic acids is 2. The summed E-state index contributed by atoms with van der Waals surface area (Å²) in [5.74, 6) is -0.0919. The number of halogens is 1. The van der Waals surface area contributed by atoms with Gasteiger partial charge in [-0.3, -0.25) is 10.1 Å². The molecular weight excluding hydrogens is 362 g/mol. The molecule has 1 aromatic carbocycles. The Bertz CT molecular complexity index is 783. The standard InChI is InChI=1S/C16H18ClN5O2S/c1-3-11-13(9-4-6-10(17)7-5-9)14(18)22-16(20-11)25-8-12(23)21-15(24)19-2/h4-7H,3,8H2,1-2H3,(H2,18,20,22)(H2,19,21,23,24). The van der Waals surface area contributed by atoms with Crippen molar-refractivity contribution >= 4 is 41.1 Å². The predicted octanol–water partition coefficient (Wildman–Crippen LogP) is 2.49. The second-order valence-corrected chi connectivity index (χ2v) is 6.37. The van der Waals surface area contributed by atoms with Crippen LogP contribution in [0.4, 0.5) is 10.6 Å². The molecule has 4 N–H and O–H groups in total. The lowest BCUT2D eigenvalue weighted by atomic mass is 10.0. The van der Waals surface area contributed by atoms with Gasteiger partial charge in [0.15, 0.2) is 5.16 Å². The highest BCUT2D eigenvalue weighted by Gasteiger charge is 2.15. The number of nitrogen functional groups attached to an aromatic ring is 1. The number of rotatable bonds is 5. The van der Waals surface area contributed by atoms with E-state index < -0.39 is 11.9 Å². The van der Waals surface area contributed by atoms with E-state index in [2.05, 4.69) is 20.6 Å². The Morgan fingerprint density at radius 3 is 2.52 bits per heavy atom. The minimum atomic E-state index is -0.557. The maximum absolute atomic E-state index is 11.7. The second-order valence-electron chi connectivity index (χ2n) is 4.99. The van der Waals surface area contributed by atoms with Gasteiger partial charge in [0.25, 0.3) is 0 Å². The third kappa shape index (κ3) is 5.07. The predicted molar refractivity (Wildman–Crippen MR) is 99.6 cm³/mol. The van der Waals surface area contributed by atoms with E-state index >= 15 is 0 Å². The zero-order chi connectivity index (χ0) is 18.4. The molecule has 25 heavy (non-hydrogen) atoms. The van der Waals surface area contributed by atoms with Crippen molar-refractivity contribution < 1.29 is 9.59 Å². The maximum Gasteiger partial charge on any atom is 0.321 e. The largest absolute Gasteiger partial charge is 0.383 e. The Morgan fingerprint density at radius 2 is 1.92 bits per heavy atom. The summed E-state index contributed by atoms with van der Waals surface area (Å²) in [6, 6.07) is 6.72. The highest BCUT2D eigenvalue weighted by Crippen LogP contribution is 2.30. The summed E-state index contributed by atoms with van der Waals surface area (Å²) in [5.41, 5.74) is 8.54. The summed E-state index contributed by atoms with van der Waals surface area (Å²) in [6.45, 7) is 1.97. The van der Waals surface area contributed by atoms with E-state index in [1.165, 1.54) is 7.05 Å². The van der Waals surface area contributed by atoms with Crippen LogP contribution in [0.3, 0.4) is 0 Å². The van der Waals surface area contributed by atoms with E-state index in [1.807, 2.05) is 19.1 Å². The molecule has 0 aliphatic heterocycles. The van der Waals surface area contributed by atoms with Gasteiger partial charge in [-0.2, -0.15) is 0 Å². The van der Waals surface area contributed by atoms with Gasteiger partial charge in [-0.05, 0) is 24.1 Å². The van der Waals surface area contributed by atoms with Crippen LogP contribution in [0.15, 0.2) is 29.4 Å². The number of amides is 3. The highest BCUT2D eigenvalue weighted by molar-refractivity contribution is 7.99. The van der Waals surface area contributed by atoms with Crippen LogP contribution in [0, 0.1) is 0 Å². The van der Waals surface area contributed by atoms with Gasteiger partial charge in [0.05, 0.1) is 11.4 Å². The van der Waals surface area contributed by atoms with Crippen LogP contribution in [-0.4, -0.2) is 34.7 Å². The molecule has 7 nitrogen and oxygen atoms in total. The van der Waals surface area contributed by atoms with Crippen molar-refractivity contribution in [3.05, 3.63) is 35.0 Å². The van der Waals surface area contributed by atoms with Gasteiger partial charge < -0.3 is 11.1 Å². The van der Waals surface area contributed by atoms with E-state index in [1.54, 1.807) is 12.1 Å². The molecule has 0 spiro atoms. The molecule has 0 bridgehead atoms. The number of hydrogen-bond donors (Lipinski definition) is 3. The maximum atomic E-state index is 11.7. The first-order valence-corrected chi connectivity index (χ1v) is 8.87. The lowest BCUT2D eigenvalue weighted by Crippen LogP contribution is -2.38. The Hall–Kier alpha value is -2.32. The molecule has 0 atom stereocenters. The van der Waals surface area contributed by atoms with Crippen molar-refractivity contribution in [2.45, 2.75) is 18.5 Å². The second kappa shape index (κ2) is 8.68. The van der Waals surface area contributed by atoms with Gasteiger partial charge in [-0.15, -0.1) is 0 Å². The molecule has 132 valence electrons. The van der Waals surface area contributed by atoms with Crippen LogP contribution in [0.5, 0.6) is 0 Å². The number of aromatic nitrogens is 2. The molecule has 0 aliphatic rings. The first kappa shape index (κ1) is 19.0. The van der Waals surface area contributed by atoms with Crippen LogP contribution in [0.25, 0.3) is 11.1 Å². The minimum Gasteiger partial charge on any atom is -0.383 e. The molecule has 2 rings (SSSR count). The first-order chi connectivity index (χ1) is 11.9. The fourth-order valence-electron chi connectivity index (χ4n) is 2.11. The molecule has 3 amide bonds. The molecule has 9 heteroatoms. The summed E-state index contributed by atoms with van der Waals surface area (Å²) < 4.78 is 0. The Kier molecular flexibility index (Phi) is 6.60. The Balaban J connectivity index is 2.20. The SMILES string of the molecule is CCc1nc(SCC(=O)NC(=O)NC)nc(N)c1-c1ccc(Cl)cc1. The third-order valence-corrected chi connectivity index (χ3v) is 4.37. The van der Waals surface area contributed by atoms with Crippen LogP contribution < -0.4 is 16.4 Å². The van der Waals surface area contributed by atoms with Gasteiger partial charge in [-0.25, -0.2) is 14.8 Å². The van der Waals surface area contributed by atoms with Crippen molar-refractivity contribution in [2.24, 2.45) is 0 Å². The topological polar surface area (TPSA) is 110 Å². The number of urea groups is 1. The van der Waals surface area contributed by atoms with Gasteiger partial charge in [0.2, 0.25) is 5.91 Å². The number of hydrogen-bond acceptors (Lipinski definition) is 6. The first-order valence-electron chi connectivity index (χ1n) is 7.51. The van der Waals surface area contributed by atoms with E-state index in [-0.39, 0.29) is 5.75 Å². The summed E-state index contributed by atoms with van der Waals surface area (Å²) >= 11 is 7.04. The van der Waals surface area contributed by atoms with Gasteiger partial charge in [0, 0.05) is 17.6 Å². The van der Waals surface area contributed by atoms with E-state index in [0.29, 0.717) is 22.4 Å². The monoisotopic (exact) mass is 379 g/mol. The number of imide groups is 1. The zero-order valence-electron chi connectivity index (χ0n) is 13.8. The van der Waals surface area contributed by atoms with Crippen molar-refractivity contribution in [2.75, 3.05) is 18.5 Å². The molecule has 0 radical (unpaired) electrons. The summed E-state index contributed by atoms with van der Waals surface area (Å²) in [4.78, 5) is 31.5. The zero-order valence-corrected chi connectivity index (χ0v) is 15.4. The van der Waals surface area contributed by atoms with Crippen LogP contribution in [-0.2, 0) is 11.2 Å². The minimum absolute atomic E-state index is 0.0102. The number of nitrogens with one attached hydrogen (secondary N) is 2. The van der Waals surface area contributed by atoms with Gasteiger partial charge >= 0.3 is 6.03 Å². The Labute approximate surface area is 154 Å². The molecule has 0 unspecified atom stereocenters. The van der Waals surface area contributed by atoms with Crippen molar-refractivity contribution in [1.29, 1.82) is 0 Å². The van der Waals surface area contributed by atoms with Crippen LogP contribution >= 0.6 is 23.4 Å². The number of nitrogens with zero attached hydrogens (tertiary/aromatic N) is 2. The molecule has 1 aromatic heterocycles. The highest BCUT2D eigenvalue weighted by atomic mass is 35.5. The van der Waals surface area contributed by atoms with E-state index in [4.69, 9.17) is 17.3 Å². The number of aryl methyl sites for hydroxylation is 1. The molecule has 0 saturated carbocycles. The molecular formula is C16H18ClN5O2S. The number of benzene rings is 1. The van der Waals surface area contributed by atoms with Crippen molar-refractivity contribution in [3.8, 4) is 11.1 Å². The Morgan fingerprint density at radius 1 is 1.24 bits per heavy atom. The number of anilines is 1. The van der Waals surface area contributed by atoms with Gasteiger partial charge in [0.1, 0.15) is 5.82 Å². The molecule has 2 aromatic rings. The summed E-state index contributed by atoms with van der Waals surface area (Å²) in [6.07, 6.45) is 0.655. The molecule has 1 heterocycles. The molecule has 0 saturated heterocycles. The van der Waals surface area contributed by atoms with Crippen LogP contribution in [0.1, 0.15) is 12.6 Å². The van der Waals surface area contributed by atoms with Crippen LogP contribution in [0.2, 0.25) is 5.02 Å². The number of nitrogens with two attached hydrogens (primary N) is 1. The smallest absolute Gasteiger partial charge is 0.321 e. The fraction of sp³-hybridized carbons (Fsp3) is 0.250. The fourth-order valence-corrected chi connectivity index (χ4v) is 2.91.